The monoisotopic (exact) mass is 399 g/mol. The molecular weight excluding hydrogens is 377 g/mol. The molecule has 0 aliphatic carbocycles. The molecule has 0 unspecified atom stereocenters. The van der Waals surface area contributed by atoms with Crippen LogP contribution in [0.15, 0.2) is 28.4 Å². The van der Waals surface area contributed by atoms with Gasteiger partial charge in [-0.3, -0.25) is 9.69 Å². The third kappa shape index (κ3) is 6.92. The zero-order valence-corrected chi connectivity index (χ0v) is 16.2. The van der Waals surface area contributed by atoms with Crippen LogP contribution in [0, 0.1) is 0 Å². The molecule has 7 nitrogen and oxygen atoms in total. The fourth-order valence-corrected chi connectivity index (χ4v) is 2.95. The van der Waals surface area contributed by atoms with E-state index in [4.69, 9.17) is 27.9 Å². The maximum Gasteiger partial charge on any atom is 0.225 e. The Labute approximate surface area is 163 Å². The summed E-state index contributed by atoms with van der Waals surface area (Å²) in [4.78, 5) is 14.2. The average molecular weight is 400 g/mol. The van der Waals surface area contributed by atoms with E-state index in [0.29, 0.717) is 28.9 Å². The van der Waals surface area contributed by atoms with Gasteiger partial charge in [-0.1, -0.05) is 29.3 Å². The maximum absolute atomic E-state index is 11.9. The van der Waals surface area contributed by atoms with Crippen molar-refractivity contribution in [3.8, 4) is 0 Å². The molecule has 0 saturated carbocycles. The average Bonchev–Trinajstić information content (AvgIpc) is 2.62. The number of benzene rings is 1. The fraction of sp³-hybridized carbons (Fsp3) is 0.471. The van der Waals surface area contributed by atoms with Crippen molar-refractivity contribution >= 4 is 41.5 Å². The fourth-order valence-electron chi connectivity index (χ4n) is 2.63. The molecule has 26 heavy (non-hydrogen) atoms. The van der Waals surface area contributed by atoms with E-state index in [2.05, 4.69) is 32.7 Å². The highest BCUT2D eigenvalue weighted by Gasteiger charge is 2.21. The molecular formula is C17H23Cl2N5O2. The quantitative estimate of drug-likeness (QED) is 0.519. The van der Waals surface area contributed by atoms with Crippen LogP contribution in [0.5, 0.6) is 0 Å². The van der Waals surface area contributed by atoms with E-state index < -0.39 is 0 Å². The van der Waals surface area contributed by atoms with Crippen molar-refractivity contribution in [3.63, 3.8) is 0 Å². The summed E-state index contributed by atoms with van der Waals surface area (Å²) in [6.07, 6.45) is 0.142. The summed E-state index contributed by atoms with van der Waals surface area (Å²) in [5.74, 6) is -0.109. The molecule has 2 rings (SSSR count). The van der Waals surface area contributed by atoms with Crippen molar-refractivity contribution in [1.29, 1.82) is 0 Å². The first kappa shape index (κ1) is 20.6. The number of morpholine rings is 1. The van der Waals surface area contributed by atoms with Crippen LogP contribution in [-0.2, 0) is 16.1 Å². The van der Waals surface area contributed by atoms with E-state index in [-0.39, 0.29) is 18.4 Å². The number of ether oxygens (including phenoxy) is 1. The van der Waals surface area contributed by atoms with Crippen LogP contribution in [0.4, 0.5) is 0 Å². The van der Waals surface area contributed by atoms with Crippen LogP contribution in [0.3, 0.4) is 0 Å². The van der Waals surface area contributed by atoms with Gasteiger partial charge in [0.2, 0.25) is 5.91 Å². The summed E-state index contributed by atoms with van der Waals surface area (Å²) in [6, 6.07) is 5.65. The van der Waals surface area contributed by atoms with Crippen LogP contribution in [-0.4, -0.2) is 55.6 Å². The highest BCUT2D eigenvalue weighted by Crippen LogP contribution is 2.23. The topological polar surface area (TPSA) is 78.3 Å². The highest BCUT2D eigenvalue weighted by molar-refractivity contribution is 6.42. The van der Waals surface area contributed by atoms with E-state index in [0.717, 1.165) is 25.2 Å². The number of nitrogens with one attached hydrogen (secondary N) is 2. The minimum Gasteiger partial charge on any atom is -0.374 e. The van der Waals surface area contributed by atoms with Crippen LogP contribution in [0.2, 0.25) is 10.0 Å². The molecule has 1 saturated heterocycles. The number of hydrazone groups is 2. The number of carbonyl (C=O) groups excluding carboxylic acids is 1. The van der Waals surface area contributed by atoms with E-state index in [1.807, 2.05) is 12.1 Å². The van der Waals surface area contributed by atoms with Crippen molar-refractivity contribution in [3.05, 3.63) is 33.8 Å². The largest absolute Gasteiger partial charge is 0.374 e. The predicted molar refractivity (Wildman–Crippen MR) is 105 cm³/mol. The predicted octanol–water partition coefficient (Wildman–Crippen LogP) is 2.28. The number of carbonyl (C=O) groups is 1. The Bertz CT molecular complexity index is 669. The lowest BCUT2D eigenvalue weighted by Gasteiger charge is -2.33. The molecule has 0 bridgehead atoms. The molecule has 1 aromatic carbocycles. The Morgan fingerprint density at radius 3 is 2.96 bits per heavy atom. The Kier molecular flexibility index (Phi) is 8.31. The SMILES string of the molecule is C=NN/N=C(\C)CC(=O)NC[C@H]1CN(Cc2ccc(Cl)c(Cl)c2)CCO1. The molecule has 1 amide bonds. The standard InChI is InChI=1S/C17H23Cl2N5O2/c1-12(22-23-20-2)7-17(25)21-9-14-11-24(5-6-26-14)10-13-3-4-15(18)16(19)8-13/h3-4,8,14,23H,2,5-7,9-11H2,1H3,(H,21,25)/b22-12+/t14-/m0/s1. The molecule has 2 N–H and O–H groups in total. The van der Waals surface area contributed by atoms with Gasteiger partial charge in [0.25, 0.3) is 0 Å². The summed E-state index contributed by atoms with van der Waals surface area (Å²) in [5, 5.41) is 11.2. The van der Waals surface area contributed by atoms with Gasteiger partial charge >= 0.3 is 0 Å². The van der Waals surface area contributed by atoms with Crippen LogP contribution in [0.25, 0.3) is 0 Å². The highest BCUT2D eigenvalue weighted by atomic mass is 35.5. The van der Waals surface area contributed by atoms with Crippen molar-refractivity contribution in [2.24, 2.45) is 10.2 Å². The zero-order chi connectivity index (χ0) is 18.9. The van der Waals surface area contributed by atoms with Crippen molar-refractivity contribution in [2.45, 2.75) is 26.0 Å². The molecule has 9 heteroatoms. The number of nitrogens with zero attached hydrogens (tertiary/aromatic N) is 3. The second-order valence-electron chi connectivity index (χ2n) is 6.06. The first-order chi connectivity index (χ1) is 12.5. The smallest absolute Gasteiger partial charge is 0.225 e. The normalized spacial score (nSPS) is 18.4. The minimum absolute atomic E-state index is 0.0549. The third-order valence-electron chi connectivity index (χ3n) is 3.87. The first-order valence-corrected chi connectivity index (χ1v) is 9.02. The summed E-state index contributed by atoms with van der Waals surface area (Å²) in [6.45, 7) is 8.40. The molecule has 142 valence electrons. The van der Waals surface area contributed by atoms with Gasteiger partial charge in [-0.25, -0.2) is 0 Å². The van der Waals surface area contributed by atoms with Crippen LogP contribution < -0.4 is 10.9 Å². The second kappa shape index (κ2) is 10.5. The molecule has 1 aliphatic heterocycles. The van der Waals surface area contributed by atoms with E-state index >= 15 is 0 Å². The molecule has 1 heterocycles. The molecule has 0 radical (unpaired) electrons. The maximum atomic E-state index is 11.9. The Balaban J connectivity index is 1.78. The molecule has 1 fully saturated rings. The lowest BCUT2D eigenvalue weighted by molar-refractivity contribution is -0.121. The summed E-state index contributed by atoms with van der Waals surface area (Å²) in [5.41, 5.74) is 4.09. The van der Waals surface area contributed by atoms with Gasteiger partial charge in [0.1, 0.15) is 0 Å². The summed E-state index contributed by atoms with van der Waals surface area (Å²) in [7, 11) is 0. The number of hydrogen-bond acceptors (Lipinski definition) is 6. The van der Waals surface area contributed by atoms with Crippen molar-refractivity contribution < 1.29 is 9.53 Å². The van der Waals surface area contributed by atoms with E-state index in [9.17, 15) is 4.79 Å². The van der Waals surface area contributed by atoms with Gasteiger partial charge in [0, 0.05) is 38.6 Å². The van der Waals surface area contributed by atoms with Gasteiger partial charge in [0.15, 0.2) is 0 Å². The molecule has 1 aliphatic rings. The van der Waals surface area contributed by atoms with E-state index in [1.54, 1.807) is 13.0 Å². The molecule has 1 aromatic rings. The molecule has 0 spiro atoms. The van der Waals surface area contributed by atoms with Gasteiger partial charge in [-0.2, -0.15) is 15.7 Å². The summed E-state index contributed by atoms with van der Waals surface area (Å²) < 4.78 is 5.74. The number of hydrogen-bond donors (Lipinski definition) is 2. The second-order valence-corrected chi connectivity index (χ2v) is 6.88. The number of rotatable bonds is 8. The molecule has 0 aromatic heterocycles. The van der Waals surface area contributed by atoms with Gasteiger partial charge in [-0.05, 0) is 24.6 Å². The Morgan fingerprint density at radius 1 is 1.42 bits per heavy atom. The lowest BCUT2D eigenvalue weighted by atomic mass is 10.2. The first-order valence-electron chi connectivity index (χ1n) is 8.26. The van der Waals surface area contributed by atoms with E-state index in [1.165, 1.54) is 0 Å². The van der Waals surface area contributed by atoms with Crippen LogP contribution >= 0.6 is 23.2 Å². The molecule has 1 atom stereocenters. The van der Waals surface area contributed by atoms with Gasteiger partial charge in [0.05, 0.1) is 29.2 Å². The van der Waals surface area contributed by atoms with Crippen molar-refractivity contribution in [2.75, 3.05) is 26.2 Å². The van der Waals surface area contributed by atoms with Crippen molar-refractivity contribution in [1.82, 2.24) is 15.8 Å². The van der Waals surface area contributed by atoms with Gasteiger partial charge < -0.3 is 10.1 Å². The number of halogens is 2. The Hall–Kier alpha value is -1.67. The Morgan fingerprint density at radius 2 is 2.23 bits per heavy atom. The third-order valence-corrected chi connectivity index (χ3v) is 4.61. The van der Waals surface area contributed by atoms with Crippen LogP contribution in [0.1, 0.15) is 18.9 Å². The zero-order valence-electron chi connectivity index (χ0n) is 14.7. The summed E-state index contributed by atoms with van der Waals surface area (Å²) >= 11 is 12.0. The lowest BCUT2D eigenvalue weighted by Crippen LogP contribution is -2.47. The van der Waals surface area contributed by atoms with Gasteiger partial charge in [-0.15, -0.1) is 0 Å². The number of amides is 1. The minimum atomic E-state index is -0.109.